The number of ether oxygens (including phenoxy) is 1. The maximum Gasteiger partial charge on any atom is 0.446 e. The summed E-state index contributed by atoms with van der Waals surface area (Å²) < 4.78 is 42.8. The highest BCUT2D eigenvalue weighted by atomic mass is 32.2. The minimum atomic E-state index is -4.50. The van der Waals surface area contributed by atoms with Gasteiger partial charge in [0.25, 0.3) is 5.91 Å². The number of nitrogens with zero attached hydrogens (tertiary/aromatic N) is 1. The van der Waals surface area contributed by atoms with Gasteiger partial charge in [-0.3, -0.25) is 9.59 Å². The van der Waals surface area contributed by atoms with Crippen molar-refractivity contribution in [2.24, 2.45) is 0 Å². The Morgan fingerprint density at radius 1 is 1.40 bits per heavy atom. The second-order valence-electron chi connectivity index (χ2n) is 5.30. The zero-order valence-electron chi connectivity index (χ0n) is 13.3. The molecule has 1 atom stereocenters. The van der Waals surface area contributed by atoms with Gasteiger partial charge in [-0.05, 0) is 42.8 Å². The summed E-state index contributed by atoms with van der Waals surface area (Å²) in [5.41, 5.74) is -4.49. The van der Waals surface area contributed by atoms with E-state index in [2.05, 4.69) is 5.32 Å². The fourth-order valence-corrected chi connectivity index (χ4v) is 3.28. The summed E-state index contributed by atoms with van der Waals surface area (Å²) in [6, 6.07) is 2.89. The Labute approximate surface area is 146 Å². The Bertz CT molecular complexity index is 654. The summed E-state index contributed by atoms with van der Waals surface area (Å²) >= 11 is -0.343. The van der Waals surface area contributed by atoms with Crippen molar-refractivity contribution in [1.29, 1.82) is 0 Å². The molecule has 0 aliphatic carbocycles. The first-order valence-electron chi connectivity index (χ1n) is 7.39. The van der Waals surface area contributed by atoms with Crippen molar-refractivity contribution >= 4 is 23.6 Å². The summed E-state index contributed by atoms with van der Waals surface area (Å²) in [4.78, 5) is 25.7. The van der Waals surface area contributed by atoms with Gasteiger partial charge in [-0.25, -0.2) is 0 Å². The van der Waals surface area contributed by atoms with Crippen molar-refractivity contribution in [2.45, 2.75) is 29.3 Å². The van der Waals surface area contributed by atoms with E-state index in [0.29, 0.717) is 19.4 Å². The molecule has 0 aromatic heterocycles. The number of rotatable bonds is 5. The molecular weight excluding hydrogens is 361 g/mol. The average Bonchev–Trinajstić information content (AvgIpc) is 3.02. The summed E-state index contributed by atoms with van der Waals surface area (Å²) in [6.45, 7) is -0.246. The third-order valence-corrected chi connectivity index (χ3v) is 4.37. The number of nitrogens with one attached hydrogen (secondary N) is 1. The average molecular weight is 378 g/mol. The number of alkyl halides is 3. The standard InChI is InChI=1S/C15H17F3N2O4S/c1-24-10-5-9(6-11(7-10)25-15(16,17)18)14(23)20-4-2-3-12(20)13(22)19-8-21/h5-7,12,21H,2-4,8H2,1H3,(H,19,22)/t12-/m1/s1. The lowest BCUT2D eigenvalue weighted by molar-refractivity contribution is -0.125. The first-order chi connectivity index (χ1) is 11.7. The lowest BCUT2D eigenvalue weighted by Gasteiger charge is -2.24. The molecule has 1 aromatic carbocycles. The number of aliphatic hydroxyl groups excluding tert-OH is 1. The monoisotopic (exact) mass is 378 g/mol. The number of carbonyl (C=O) groups excluding carboxylic acids is 2. The van der Waals surface area contributed by atoms with Crippen molar-refractivity contribution < 1.29 is 32.6 Å². The van der Waals surface area contributed by atoms with Crippen LogP contribution in [0.4, 0.5) is 13.2 Å². The van der Waals surface area contributed by atoms with E-state index in [9.17, 15) is 22.8 Å². The van der Waals surface area contributed by atoms with Crippen LogP contribution in [0.1, 0.15) is 23.2 Å². The number of halogens is 3. The largest absolute Gasteiger partial charge is 0.497 e. The van der Waals surface area contributed by atoms with E-state index in [1.54, 1.807) is 0 Å². The second-order valence-corrected chi connectivity index (χ2v) is 6.44. The van der Waals surface area contributed by atoms with Crippen LogP contribution in [0.5, 0.6) is 5.75 Å². The highest BCUT2D eigenvalue weighted by Crippen LogP contribution is 2.39. The quantitative estimate of drug-likeness (QED) is 0.605. The predicted molar refractivity (Wildman–Crippen MR) is 84.2 cm³/mol. The number of likely N-dealkylation sites (tertiary alicyclic amines) is 1. The molecule has 1 fully saturated rings. The van der Waals surface area contributed by atoms with Gasteiger partial charge in [0.1, 0.15) is 18.5 Å². The molecule has 2 rings (SSSR count). The highest BCUT2D eigenvalue weighted by molar-refractivity contribution is 8.00. The van der Waals surface area contributed by atoms with E-state index in [1.165, 1.54) is 24.1 Å². The maximum absolute atomic E-state index is 12.7. The van der Waals surface area contributed by atoms with E-state index in [0.717, 1.165) is 6.07 Å². The SMILES string of the molecule is COc1cc(SC(F)(F)F)cc(C(=O)N2CCC[C@@H]2C(=O)NCO)c1. The van der Waals surface area contributed by atoms with Crippen LogP contribution in [0.3, 0.4) is 0 Å². The molecule has 25 heavy (non-hydrogen) atoms. The fourth-order valence-electron chi connectivity index (χ4n) is 2.65. The molecule has 0 spiro atoms. The van der Waals surface area contributed by atoms with Crippen molar-refractivity contribution in [2.75, 3.05) is 20.4 Å². The molecule has 0 radical (unpaired) electrons. The topological polar surface area (TPSA) is 78.9 Å². The Hall–Kier alpha value is -1.94. The summed E-state index contributed by atoms with van der Waals surface area (Å²) in [7, 11) is 1.29. The zero-order valence-corrected chi connectivity index (χ0v) is 14.1. The molecule has 1 saturated heterocycles. The zero-order chi connectivity index (χ0) is 18.6. The van der Waals surface area contributed by atoms with E-state index < -0.39 is 30.1 Å². The van der Waals surface area contributed by atoms with Gasteiger partial charge in [0.2, 0.25) is 5.91 Å². The van der Waals surface area contributed by atoms with Gasteiger partial charge in [0.15, 0.2) is 0 Å². The minimum Gasteiger partial charge on any atom is -0.497 e. The number of benzene rings is 1. The minimum absolute atomic E-state index is 0.00907. The molecule has 0 bridgehead atoms. The Balaban J connectivity index is 2.28. The molecular formula is C15H17F3N2O4S. The van der Waals surface area contributed by atoms with Gasteiger partial charge in [-0.2, -0.15) is 13.2 Å². The van der Waals surface area contributed by atoms with E-state index in [4.69, 9.17) is 9.84 Å². The third-order valence-electron chi connectivity index (χ3n) is 3.67. The van der Waals surface area contributed by atoms with Crippen molar-refractivity contribution in [3.63, 3.8) is 0 Å². The molecule has 2 amide bonds. The number of hydrogen-bond donors (Lipinski definition) is 2. The summed E-state index contributed by atoms with van der Waals surface area (Å²) in [5.74, 6) is -0.937. The van der Waals surface area contributed by atoms with Gasteiger partial charge in [0, 0.05) is 17.0 Å². The van der Waals surface area contributed by atoms with Crippen molar-refractivity contribution in [3.05, 3.63) is 23.8 Å². The highest BCUT2D eigenvalue weighted by Gasteiger charge is 2.35. The van der Waals surface area contributed by atoms with Crippen molar-refractivity contribution in [3.8, 4) is 5.75 Å². The van der Waals surface area contributed by atoms with Crippen LogP contribution in [0.2, 0.25) is 0 Å². The van der Waals surface area contributed by atoms with E-state index in [1.807, 2.05) is 0 Å². The Morgan fingerprint density at radius 2 is 2.12 bits per heavy atom. The smallest absolute Gasteiger partial charge is 0.446 e. The number of thioether (sulfide) groups is 1. The molecule has 2 N–H and O–H groups in total. The van der Waals surface area contributed by atoms with E-state index in [-0.39, 0.29) is 28.0 Å². The predicted octanol–water partition coefficient (Wildman–Crippen LogP) is 1.98. The molecule has 0 saturated carbocycles. The van der Waals surface area contributed by atoms with Crippen LogP contribution in [0.25, 0.3) is 0 Å². The molecule has 1 heterocycles. The van der Waals surface area contributed by atoms with Crippen LogP contribution >= 0.6 is 11.8 Å². The van der Waals surface area contributed by atoms with Gasteiger partial charge in [0.05, 0.1) is 7.11 Å². The normalized spacial score (nSPS) is 17.5. The lowest BCUT2D eigenvalue weighted by atomic mass is 10.1. The molecule has 1 aliphatic heterocycles. The molecule has 0 unspecified atom stereocenters. The Kier molecular flexibility index (Phi) is 6.17. The maximum atomic E-state index is 12.7. The van der Waals surface area contributed by atoms with Crippen LogP contribution < -0.4 is 10.1 Å². The van der Waals surface area contributed by atoms with Crippen LogP contribution in [0, 0.1) is 0 Å². The molecule has 6 nitrogen and oxygen atoms in total. The number of amides is 2. The van der Waals surface area contributed by atoms with E-state index >= 15 is 0 Å². The molecule has 138 valence electrons. The van der Waals surface area contributed by atoms with Gasteiger partial charge in [-0.1, -0.05) is 0 Å². The van der Waals surface area contributed by atoms with Crippen LogP contribution in [-0.2, 0) is 4.79 Å². The summed E-state index contributed by atoms with van der Waals surface area (Å²) in [6.07, 6.45) is 1.01. The number of methoxy groups -OCH3 is 1. The molecule has 1 aliphatic rings. The summed E-state index contributed by atoms with van der Waals surface area (Å²) in [5, 5.41) is 11.0. The van der Waals surface area contributed by atoms with Gasteiger partial charge in [-0.15, -0.1) is 0 Å². The third kappa shape index (κ3) is 5.02. The second kappa shape index (κ2) is 7.96. The lowest BCUT2D eigenvalue weighted by Crippen LogP contribution is -2.46. The first-order valence-corrected chi connectivity index (χ1v) is 8.21. The fraction of sp³-hybridized carbons (Fsp3) is 0.467. The van der Waals surface area contributed by atoms with Crippen LogP contribution in [0.15, 0.2) is 23.1 Å². The molecule has 10 heteroatoms. The number of carbonyl (C=O) groups is 2. The van der Waals surface area contributed by atoms with Gasteiger partial charge < -0.3 is 20.1 Å². The van der Waals surface area contributed by atoms with Gasteiger partial charge >= 0.3 is 5.51 Å². The van der Waals surface area contributed by atoms with Crippen molar-refractivity contribution in [1.82, 2.24) is 10.2 Å². The number of aliphatic hydroxyl groups is 1. The van der Waals surface area contributed by atoms with Crippen LogP contribution in [-0.4, -0.2) is 53.8 Å². The number of hydrogen-bond acceptors (Lipinski definition) is 5. The Morgan fingerprint density at radius 3 is 2.72 bits per heavy atom. The molecule has 1 aromatic rings. The first kappa shape index (κ1) is 19.4.